The molecule has 0 bridgehead atoms. The number of carbonyl (C=O) groups is 2. The summed E-state index contributed by atoms with van der Waals surface area (Å²) in [5, 5.41) is 3.80. The Balaban J connectivity index is 1.70. The molecule has 1 aliphatic heterocycles. The Morgan fingerprint density at radius 1 is 1.12 bits per heavy atom. The molecule has 0 spiro atoms. The van der Waals surface area contributed by atoms with Crippen molar-refractivity contribution in [2.75, 3.05) is 18.8 Å². The first kappa shape index (κ1) is 17.8. The molecule has 2 amide bonds. The lowest BCUT2D eigenvalue weighted by atomic mass is 9.98. The number of hydrogen-bond acceptors (Lipinski definition) is 3. The smallest absolute Gasteiger partial charge is 0.281 e. The van der Waals surface area contributed by atoms with Crippen LogP contribution >= 0.6 is 23.4 Å². The fourth-order valence-electron chi connectivity index (χ4n) is 2.76. The minimum atomic E-state index is -0.241. The molecule has 1 fully saturated rings. The summed E-state index contributed by atoms with van der Waals surface area (Å²) < 4.78 is 0. The van der Waals surface area contributed by atoms with Gasteiger partial charge in [-0.2, -0.15) is 0 Å². The number of nitrogens with one attached hydrogen (secondary N) is 1. The van der Waals surface area contributed by atoms with Crippen LogP contribution < -0.4 is 5.32 Å². The normalized spacial score (nSPS) is 15.2. The molecule has 0 aliphatic carbocycles. The monoisotopic (exact) mass is 374 g/mol. The van der Waals surface area contributed by atoms with Crippen molar-refractivity contribution in [3.05, 3.63) is 70.7 Å². The molecule has 2 aromatic carbocycles. The largest absolute Gasteiger partial charge is 0.345 e. The summed E-state index contributed by atoms with van der Waals surface area (Å²) in [6.45, 7) is 1.18. The van der Waals surface area contributed by atoms with Gasteiger partial charge in [-0.15, -0.1) is 0 Å². The zero-order valence-electron chi connectivity index (χ0n) is 13.7. The molecule has 2 aromatic rings. The zero-order chi connectivity index (χ0) is 17.6. The van der Waals surface area contributed by atoms with Crippen LogP contribution in [0.25, 0.3) is 0 Å². The molecule has 1 atom stereocenters. The summed E-state index contributed by atoms with van der Waals surface area (Å²) in [7, 11) is 0. The van der Waals surface area contributed by atoms with Crippen molar-refractivity contribution in [1.29, 1.82) is 0 Å². The van der Waals surface area contributed by atoms with Crippen LogP contribution in [0.1, 0.15) is 23.6 Å². The highest BCUT2D eigenvalue weighted by Crippen LogP contribution is 2.24. The van der Waals surface area contributed by atoms with Crippen molar-refractivity contribution in [2.45, 2.75) is 12.5 Å². The summed E-state index contributed by atoms with van der Waals surface area (Å²) in [6.07, 6.45) is 0.295. The average molecular weight is 375 g/mol. The highest BCUT2D eigenvalue weighted by atomic mass is 35.5. The van der Waals surface area contributed by atoms with Gasteiger partial charge in [0.1, 0.15) is 0 Å². The third kappa shape index (κ3) is 4.77. The van der Waals surface area contributed by atoms with E-state index in [1.807, 2.05) is 54.6 Å². The summed E-state index contributed by atoms with van der Waals surface area (Å²) in [5.41, 5.74) is 1.97. The molecule has 0 unspecified atom stereocenters. The Kier molecular flexibility index (Phi) is 6.00. The van der Waals surface area contributed by atoms with Crippen LogP contribution in [0.3, 0.4) is 0 Å². The number of nitrogens with zero attached hydrogens (tertiary/aromatic N) is 1. The third-order valence-electron chi connectivity index (χ3n) is 4.10. The van der Waals surface area contributed by atoms with E-state index in [2.05, 4.69) is 5.32 Å². The predicted molar refractivity (Wildman–Crippen MR) is 102 cm³/mol. The lowest BCUT2D eigenvalue weighted by molar-refractivity contribution is -0.121. The quantitative estimate of drug-likeness (QED) is 0.827. The molecule has 1 aliphatic rings. The van der Waals surface area contributed by atoms with Gasteiger partial charge >= 0.3 is 0 Å². The Morgan fingerprint density at radius 3 is 2.44 bits per heavy atom. The van der Waals surface area contributed by atoms with Gasteiger partial charge in [-0.1, -0.05) is 65.8 Å². The van der Waals surface area contributed by atoms with E-state index in [0.717, 1.165) is 23.4 Å². The van der Waals surface area contributed by atoms with Crippen molar-refractivity contribution in [1.82, 2.24) is 10.2 Å². The average Bonchev–Trinajstić information content (AvgIpc) is 3.04. The summed E-state index contributed by atoms with van der Waals surface area (Å²) in [6, 6.07) is 17.0. The molecule has 1 heterocycles. The van der Waals surface area contributed by atoms with E-state index in [-0.39, 0.29) is 17.2 Å². The van der Waals surface area contributed by atoms with Crippen LogP contribution in [-0.2, 0) is 4.79 Å². The van der Waals surface area contributed by atoms with Crippen LogP contribution in [0.2, 0.25) is 5.02 Å². The van der Waals surface area contributed by atoms with Crippen molar-refractivity contribution in [2.24, 2.45) is 0 Å². The number of carbonyl (C=O) groups excluding carboxylic acids is 2. The standard InChI is InChI=1S/C19H19ClN2O2S/c20-16-8-6-15(7-9-16)18(14-4-2-1-3-5-14)21-17(23)10-11-22-12-13-25-19(22)24/h1-9,18H,10-13H2,(H,21,23)/t18-/m1/s1. The third-order valence-corrected chi connectivity index (χ3v) is 5.24. The molecular weight excluding hydrogens is 356 g/mol. The maximum Gasteiger partial charge on any atom is 0.281 e. The van der Waals surface area contributed by atoms with Crippen molar-refractivity contribution in [3.63, 3.8) is 0 Å². The van der Waals surface area contributed by atoms with Gasteiger partial charge < -0.3 is 10.2 Å². The lowest BCUT2D eigenvalue weighted by Crippen LogP contribution is -2.33. The molecule has 6 heteroatoms. The molecule has 0 saturated carbocycles. The van der Waals surface area contributed by atoms with Crippen LogP contribution in [-0.4, -0.2) is 34.9 Å². The maximum atomic E-state index is 12.4. The van der Waals surface area contributed by atoms with Crippen LogP contribution in [0.4, 0.5) is 4.79 Å². The van der Waals surface area contributed by atoms with E-state index in [1.54, 1.807) is 4.90 Å². The number of benzene rings is 2. The molecule has 1 saturated heterocycles. The van der Waals surface area contributed by atoms with Gasteiger partial charge in [0.15, 0.2) is 0 Å². The van der Waals surface area contributed by atoms with Gasteiger partial charge in [0.2, 0.25) is 5.91 Å². The Bertz CT molecular complexity index is 737. The lowest BCUT2D eigenvalue weighted by Gasteiger charge is -2.21. The second-order valence-electron chi connectivity index (χ2n) is 5.81. The van der Waals surface area contributed by atoms with E-state index >= 15 is 0 Å². The van der Waals surface area contributed by atoms with Crippen molar-refractivity contribution in [3.8, 4) is 0 Å². The van der Waals surface area contributed by atoms with Gasteiger partial charge in [-0.3, -0.25) is 9.59 Å². The molecule has 4 nitrogen and oxygen atoms in total. The van der Waals surface area contributed by atoms with Crippen LogP contribution in [0, 0.1) is 0 Å². The fourth-order valence-corrected chi connectivity index (χ4v) is 3.74. The molecule has 3 rings (SSSR count). The van der Waals surface area contributed by atoms with Gasteiger partial charge in [-0.05, 0) is 23.3 Å². The fraction of sp³-hybridized carbons (Fsp3) is 0.263. The van der Waals surface area contributed by atoms with Crippen LogP contribution in [0.15, 0.2) is 54.6 Å². The Labute approximate surface area is 156 Å². The van der Waals surface area contributed by atoms with Crippen molar-refractivity contribution < 1.29 is 9.59 Å². The number of thioether (sulfide) groups is 1. The minimum Gasteiger partial charge on any atom is -0.345 e. The number of halogens is 1. The summed E-state index contributed by atoms with van der Waals surface area (Å²) in [4.78, 5) is 25.8. The molecule has 25 heavy (non-hydrogen) atoms. The number of rotatable bonds is 6. The SMILES string of the molecule is O=C(CCN1CCSC1=O)N[C@H](c1ccccc1)c1ccc(Cl)cc1. The maximum absolute atomic E-state index is 12.4. The highest BCUT2D eigenvalue weighted by Gasteiger charge is 2.22. The van der Waals surface area contributed by atoms with Crippen LogP contribution in [0.5, 0.6) is 0 Å². The second-order valence-corrected chi connectivity index (χ2v) is 7.30. The number of amides is 2. The topological polar surface area (TPSA) is 49.4 Å². The first-order valence-corrected chi connectivity index (χ1v) is 9.51. The molecule has 130 valence electrons. The van der Waals surface area contributed by atoms with E-state index in [1.165, 1.54) is 11.8 Å². The number of hydrogen-bond donors (Lipinski definition) is 1. The van der Waals surface area contributed by atoms with Gasteiger partial charge in [0.05, 0.1) is 6.04 Å². The van der Waals surface area contributed by atoms with E-state index in [9.17, 15) is 9.59 Å². The van der Waals surface area contributed by atoms with E-state index in [4.69, 9.17) is 11.6 Å². The second kappa shape index (κ2) is 8.41. The molecule has 1 N–H and O–H groups in total. The summed E-state index contributed by atoms with van der Waals surface area (Å²) >= 11 is 7.29. The Morgan fingerprint density at radius 2 is 1.80 bits per heavy atom. The van der Waals surface area contributed by atoms with Crippen molar-refractivity contribution >= 4 is 34.5 Å². The predicted octanol–water partition coefficient (Wildman–Crippen LogP) is 4.10. The van der Waals surface area contributed by atoms with Gasteiger partial charge in [0, 0.05) is 30.3 Å². The van der Waals surface area contributed by atoms with E-state index < -0.39 is 0 Å². The molecular formula is C19H19ClN2O2S. The zero-order valence-corrected chi connectivity index (χ0v) is 15.2. The van der Waals surface area contributed by atoms with Gasteiger partial charge in [0.25, 0.3) is 5.24 Å². The minimum absolute atomic E-state index is 0.0603. The van der Waals surface area contributed by atoms with Gasteiger partial charge in [-0.25, -0.2) is 0 Å². The molecule has 0 radical (unpaired) electrons. The van der Waals surface area contributed by atoms with E-state index in [0.29, 0.717) is 18.0 Å². The first-order valence-electron chi connectivity index (χ1n) is 8.15. The first-order chi connectivity index (χ1) is 12.1. The highest BCUT2D eigenvalue weighted by molar-refractivity contribution is 8.13. The summed E-state index contributed by atoms with van der Waals surface area (Å²) in [5.74, 6) is 0.728. The Hall–Kier alpha value is -1.98. The molecule has 0 aromatic heterocycles.